The third-order valence-electron chi connectivity index (χ3n) is 4.52. The Bertz CT molecular complexity index is 510. The van der Waals surface area contributed by atoms with Crippen LogP contribution in [-0.2, 0) is 22.6 Å². The minimum absolute atomic E-state index is 0.135. The first-order valence-electron chi connectivity index (χ1n) is 8.26. The molecule has 2 atom stereocenters. The zero-order valence-corrected chi connectivity index (χ0v) is 13.5. The van der Waals surface area contributed by atoms with Crippen molar-refractivity contribution in [1.82, 2.24) is 10.6 Å². The summed E-state index contributed by atoms with van der Waals surface area (Å²) in [4.78, 5) is 23.9. The molecule has 2 rings (SSSR count). The fourth-order valence-electron chi connectivity index (χ4n) is 2.92. The largest absolute Gasteiger partial charge is 0.345 e. The molecule has 0 aliphatic heterocycles. The van der Waals surface area contributed by atoms with Gasteiger partial charge >= 0.3 is 11.8 Å². The summed E-state index contributed by atoms with van der Waals surface area (Å²) < 4.78 is 0. The number of hydrogen-bond acceptors (Lipinski definition) is 2. The Labute approximate surface area is 132 Å². The lowest BCUT2D eigenvalue weighted by atomic mass is 9.86. The van der Waals surface area contributed by atoms with Gasteiger partial charge in [-0.15, -0.1) is 0 Å². The molecule has 1 fully saturated rings. The molecule has 120 valence electrons. The molecule has 1 aromatic rings. The van der Waals surface area contributed by atoms with Gasteiger partial charge in [-0.1, -0.05) is 51.0 Å². The molecule has 0 bridgehead atoms. The van der Waals surface area contributed by atoms with Crippen LogP contribution in [0, 0.1) is 5.92 Å². The summed E-state index contributed by atoms with van der Waals surface area (Å²) in [7, 11) is 0. The van der Waals surface area contributed by atoms with Crippen LogP contribution in [0.25, 0.3) is 0 Å². The van der Waals surface area contributed by atoms with E-state index in [0.717, 1.165) is 31.2 Å². The van der Waals surface area contributed by atoms with E-state index in [2.05, 4.69) is 24.5 Å². The van der Waals surface area contributed by atoms with Gasteiger partial charge < -0.3 is 10.6 Å². The van der Waals surface area contributed by atoms with Gasteiger partial charge in [0.05, 0.1) is 0 Å². The first-order chi connectivity index (χ1) is 10.6. The van der Waals surface area contributed by atoms with Gasteiger partial charge in [-0.25, -0.2) is 0 Å². The maximum atomic E-state index is 12.0. The minimum Gasteiger partial charge on any atom is -0.345 e. The second-order valence-electron chi connectivity index (χ2n) is 6.19. The maximum Gasteiger partial charge on any atom is 0.309 e. The van der Waals surface area contributed by atoms with Crippen LogP contribution in [-0.4, -0.2) is 17.9 Å². The number of aryl methyl sites for hydroxylation is 1. The van der Waals surface area contributed by atoms with E-state index in [1.165, 1.54) is 12.0 Å². The molecule has 1 aliphatic rings. The van der Waals surface area contributed by atoms with Crippen molar-refractivity contribution >= 4 is 11.8 Å². The summed E-state index contributed by atoms with van der Waals surface area (Å²) in [6.07, 6.45) is 5.43. The standard InChI is InChI=1S/C18H26N2O2/c1-3-14-8-10-15(11-9-14)12-19-17(21)18(22)20-16-7-5-4-6-13(16)2/h8-11,13,16H,3-7,12H2,1-2H3,(H,19,21)(H,20,22)/t13-,16+/m0/s1. The van der Waals surface area contributed by atoms with Crippen LogP contribution in [0.1, 0.15) is 50.7 Å². The average Bonchev–Trinajstić information content (AvgIpc) is 2.55. The quantitative estimate of drug-likeness (QED) is 0.840. The van der Waals surface area contributed by atoms with Gasteiger partial charge in [0, 0.05) is 12.6 Å². The topological polar surface area (TPSA) is 58.2 Å². The van der Waals surface area contributed by atoms with Crippen molar-refractivity contribution in [3.8, 4) is 0 Å². The molecule has 1 saturated carbocycles. The van der Waals surface area contributed by atoms with Crippen LogP contribution in [0.4, 0.5) is 0 Å². The van der Waals surface area contributed by atoms with Crippen molar-refractivity contribution in [3.05, 3.63) is 35.4 Å². The highest BCUT2D eigenvalue weighted by molar-refractivity contribution is 6.35. The maximum absolute atomic E-state index is 12.0. The van der Waals surface area contributed by atoms with E-state index in [0.29, 0.717) is 12.5 Å². The summed E-state index contributed by atoms with van der Waals surface area (Å²) in [5, 5.41) is 5.56. The number of hydrogen-bond donors (Lipinski definition) is 2. The van der Waals surface area contributed by atoms with Gasteiger partial charge in [0.2, 0.25) is 0 Å². The SMILES string of the molecule is CCc1ccc(CNC(=O)C(=O)N[C@@H]2CCCC[C@@H]2C)cc1. The number of benzene rings is 1. The predicted molar refractivity (Wildman–Crippen MR) is 87.2 cm³/mol. The molecular weight excluding hydrogens is 276 g/mol. The van der Waals surface area contributed by atoms with E-state index in [1.807, 2.05) is 24.3 Å². The van der Waals surface area contributed by atoms with Crippen LogP contribution in [0.3, 0.4) is 0 Å². The second kappa shape index (κ2) is 7.97. The third kappa shape index (κ3) is 4.58. The van der Waals surface area contributed by atoms with E-state index in [1.54, 1.807) is 0 Å². The monoisotopic (exact) mass is 302 g/mol. The van der Waals surface area contributed by atoms with Crippen LogP contribution in [0.5, 0.6) is 0 Å². The summed E-state index contributed by atoms with van der Waals surface area (Å²) in [6.45, 7) is 4.63. The molecule has 0 radical (unpaired) electrons. The second-order valence-corrected chi connectivity index (χ2v) is 6.19. The number of carbonyl (C=O) groups excluding carboxylic acids is 2. The van der Waals surface area contributed by atoms with Gasteiger partial charge in [0.25, 0.3) is 0 Å². The van der Waals surface area contributed by atoms with E-state index >= 15 is 0 Å². The third-order valence-corrected chi connectivity index (χ3v) is 4.52. The molecule has 0 unspecified atom stereocenters. The zero-order chi connectivity index (χ0) is 15.9. The highest BCUT2D eigenvalue weighted by Gasteiger charge is 2.25. The van der Waals surface area contributed by atoms with Crippen LogP contribution in [0.2, 0.25) is 0 Å². The van der Waals surface area contributed by atoms with Crippen LogP contribution in [0.15, 0.2) is 24.3 Å². The fraction of sp³-hybridized carbons (Fsp3) is 0.556. The summed E-state index contributed by atoms with van der Waals surface area (Å²) >= 11 is 0. The van der Waals surface area contributed by atoms with Gasteiger partial charge in [-0.2, -0.15) is 0 Å². The smallest absolute Gasteiger partial charge is 0.309 e. The van der Waals surface area contributed by atoms with Crippen molar-refractivity contribution < 1.29 is 9.59 Å². The summed E-state index contributed by atoms with van der Waals surface area (Å²) in [6, 6.07) is 8.20. The molecule has 2 N–H and O–H groups in total. The molecule has 4 heteroatoms. The van der Waals surface area contributed by atoms with Gasteiger partial charge in [0.15, 0.2) is 0 Å². The molecule has 1 aliphatic carbocycles. The predicted octanol–water partition coefficient (Wildman–Crippen LogP) is 2.56. The van der Waals surface area contributed by atoms with Gasteiger partial charge in [0.1, 0.15) is 0 Å². The van der Waals surface area contributed by atoms with Crippen molar-refractivity contribution in [3.63, 3.8) is 0 Å². The van der Waals surface area contributed by atoms with Crippen molar-refractivity contribution in [2.75, 3.05) is 0 Å². The molecule has 0 saturated heterocycles. The zero-order valence-electron chi connectivity index (χ0n) is 13.5. The van der Waals surface area contributed by atoms with Gasteiger partial charge in [-0.3, -0.25) is 9.59 Å². The Balaban J connectivity index is 1.79. The normalized spacial score (nSPS) is 21.2. The van der Waals surface area contributed by atoms with E-state index in [-0.39, 0.29) is 6.04 Å². The van der Waals surface area contributed by atoms with Crippen LogP contribution < -0.4 is 10.6 Å². The van der Waals surface area contributed by atoms with Crippen LogP contribution >= 0.6 is 0 Å². The number of nitrogens with one attached hydrogen (secondary N) is 2. The minimum atomic E-state index is -0.544. The number of amides is 2. The molecule has 2 amide bonds. The molecule has 22 heavy (non-hydrogen) atoms. The molecule has 0 aromatic heterocycles. The van der Waals surface area contributed by atoms with E-state index in [9.17, 15) is 9.59 Å². The molecule has 0 spiro atoms. The Morgan fingerprint density at radius 2 is 1.68 bits per heavy atom. The summed E-state index contributed by atoms with van der Waals surface area (Å²) in [5.74, 6) is -0.603. The highest BCUT2D eigenvalue weighted by atomic mass is 16.2. The average molecular weight is 302 g/mol. The Hall–Kier alpha value is -1.84. The molecule has 4 nitrogen and oxygen atoms in total. The van der Waals surface area contributed by atoms with Crippen molar-refractivity contribution in [1.29, 1.82) is 0 Å². The van der Waals surface area contributed by atoms with Crippen molar-refractivity contribution in [2.45, 2.75) is 58.5 Å². The Morgan fingerprint density at radius 3 is 2.32 bits per heavy atom. The van der Waals surface area contributed by atoms with E-state index < -0.39 is 11.8 Å². The van der Waals surface area contributed by atoms with E-state index in [4.69, 9.17) is 0 Å². The lowest BCUT2D eigenvalue weighted by molar-refractivity contribution is -0.140. The highest BCUT2D eigenvalue weighted by Crippen LogP contribution is 2.23. The number of carbonyl (C=O) groups is 2. The van der Waals surface area contributed by atoms with Crippen molar-refractivity contribution in [2.24, 2.45) is 5.92 Å². The van der Waals surface area contributed by atoms with Gasteiger partial charge in [-0.05, 0) is 36.3 Å². The Kier molecular flexibility index (Phi) is 5.99. The Morgan fingerprint density at radius 1 is 1.05 bits per heavy atom. The molecule has 1 aromatic carbocycles. The first kappa shape index (κ1) is 16.5. The molecule has 0 heterocycles. The molecular formula is C18H26N2O2. The lowest BCUT2D eigenvalue weighted by Gasteiger charge is -2.29. The fourth-order valence-corrected chi connectivity index (χ4v) is 2.92. The first-order valence-corrected chi connectivity index (χ1v) is 8.26. The number of rotatable bonds is 4. The summed E-state index contributed by atoms with van der Waals surface area (Å²) in [5.41, 5.74) is 2.27. The lowest BCUT2D eigenvalue weighted by Crippen LogP contribution is -2.47.